The Balaban J connectivity index is 1.85. The van der Waals surface area contributed by atoms with Gasteiger partial charge in [-0.1, -0.05) is 30.3 Å². The van der Waals surface area contributed by atoms with Gasteiger partial charge in [-0.15, -0.1) is 13.2 Å². The number of hydrogen-bond acceptors (Lipinski definition) is 5. The summed E-state index contributed by atoms with van der Waals surface area (Å²) in [5.74, 6) is -4.68. The van der Waals surface area contributed by atoms with Gasteiger partial charge in [0.05, 0.1) is 23.9 Å². The van der Waals surface area contributed by atoms with Crippen LogP contribution in [0.25, 0.3) is 5.69 Å². The number of para-hydroxylation sites is 1. The van der Waals surface area contributed by atoms with Crippen LogP contribution in [-0.4, -0.2) is 43.0 Å². The molecular weight excluding hydrogens is 520 g/mol. The fourth-order valence-electron chi connectivity index (χ4n) is 5.07. The van der Waals surface area contributed by atoms with Crippen molar-refractivity contribution in [3.63, 3.8) is 0 Å². The van der Waals surface area contributed by atoms with Crippen molar-refractivity contribution in [1.29, 1.82) is 0 Å². The van der Waals surface area contributed by atoms with Gasteiger partial charge in [-0.05, 0) is 36.8 Å². The topological polar surface area (TPSA) is 119 Å². The summed E-state index contributed by atoms with van der Waals surface area (Å²) < 4.78 is 55.9. The standard InChI is InChI=1S/C26H22F4N6O3/c1-2-34-24-21(18(13-37)32-36(24)16-6-4-3-5-7-16)19(14-8-10-15(27)11-9-14)20(25(34)39)17-12-35(26(28,29)30)33-22(17)23(31)38/h3-12,19-20,37H,2,13H2,1H3,(H2,31,38)/t19-,20?/m1/s1. The lowest BCUT2D eigenvalue weighted by Gasteiger charge is -2.38. The SMILES string of the molecule is CCN1C(=O)C(c2cn(C(F)(F)F)nc2C(N)=O)[C@@H](c2ccc(F)cc2)c2c(CO)nn(-c3ccccc3)c21. The molecule has 1 aliphatic rings. The fourth-order valence-corrected chi connectivity index (χ4v) is 5.07. The second kappa shape index (κ2) is 9.66. The summed E-state index contributed by atoms with van der Waals surface area (Å²) in [6, 6.07) is 13.9. The summed E-state index contributed by atoms with van der Waals surface area (Å²) >= 11 is 0. The number of halogens is 4. The fraction of sp³-hybridized carbons (Fsp3) is 0.231. The molecule has 2 amide bonds. The summed E-state index contributed by atoms with van der Waals surface area (Å²) in [5, 5.41) is 18.2. The van der Waals surface area contributed by atoms with Crippen LogP contribution in [0.15, 0.2) is 60.8 Å². The van der Waals surface area contributed by atoms with Gasteiger partial charge < -0.3 is 10.8 Å². The number of aliphatic hydroxyl groups excluding tert-OH is 1. The van der Waals surface area contributed by atoms with Crippen molar-refractivity contribution in [2.75, 3.05) is 11.4 Å². The number of amides is 2. The van der Waals surface area contributed by atoms with Gasteiger partial charge in [0.1, 0.15) is 11.6 Å². The van der Waals surface area contributed by atoms with Crippen LogP contribution in [0, 0.1) is 5.82 Å². The minimum absolute atomic E-state index is 0.0845. The number of anilines is 1. The number of carbonyl (C=O) groups is 2. The Hall–Kier alpha value is -4.52. The first-order chi connectivity index (χ1) is 18.6. The van der Waals surface area contributed by atoms with E-state index in [9.17, 15) is 32.3 Å². The van der Waals surface area contributed by atoms with Crippen molar-refractivity contribution in [2.45, 2.75) is 31.7 Å². The lowest BCUT2D eigenvalue weighted by molar-refractivity contribution is -0.212. The number of primary amides is 1. The maximum absolute atomic E-state index is 14.2. The molecule has 2 aromatic carbocycles. The molecular formula is C26H22F4N6O3. The molecule has 2 atom stereocenters. The van der Waals surface area contributed by atoms with E-state index in [1.54, 1.807) is 37.3 Å². The van der Waals surface area contributed by atoms with Crippen LogP contribution in [0.3, 0.4) is 0 Å². The maximum Gasteiger partial charge on any atom is 0.504 e. The largest absolute Gasteiger partial charge is 0.504 e. The quantitative estimate of drug-likeness (QED) is 0.361. The van der Waals surface area contributed by atoms with Crippen LogP contribution < -0.4 is 10.6 Å². The minimum Gasteiger partial charge on any atom is -0.390 e. The number of aliphatic hydroxyl groups is 1. The average Bonchev–Trinajstić information content (AvgIpc) is 3.52. The lowest BCUT2D eigenvalue weighted by atomic mass is 9.73. The zero-order chi connectivity index (χ0) is 28.1. The van der Waals surface area contributed by atoms with E-state index in [4.69, 9.17) is 5.73 Å². The van der Waals surface area contributed by atoms with Gasteiger partial charge in [0, 0.05) is 29.8 Å². The molecule has 3 heterocycles. The number of rotatable bonds is 6. The third-order valence-electron chi connectivity index (χ3n) is 6.67. The van der Waals surface area contributed by atoms with Crippen molar-refractivity contribution in [3.05, 3.63) is 94.7 Å². The van der Waals surface area contributed by atoms with Crippen molar-refractivity contribution >= 4 is 17.6 Å². The van der Waals surface area contributed by atoms with Crippen molar-refractivity contribution in [2.24, 2.45) is 5.73 Å². The molecule has 13 heteroatoms. The summed E-state index contributed by atoms with van der Waals surface area (Å²) in [4.78, 5) is 27.7. The van der Waals surface area contributed by atoms with Gasteiger partial charge in [0.25, 0.3) is 5.91 Å². The van der Waals surface area contributed by atoms with E-state index in [1.807, 2.05) is 0 Å². The summed E-state index contributed by atoms with van der Waals surface area (Å²) in [7, 11) is 0. The summed E-state index contributed by atoms with van der Waals surface area (Å²) in [6.07, 6.45) is -4.42. The third kappa shape index (κ3) is 4.34. The predicted molar refractivity (Wildman–Crippen MR) is 131 cm³/mol. The van der Waals surface area contributed by atoms with E-state index in [-0.39, 0.29) is 22.5 Å². The van der Waals surface area contributed by atoms with Gasteiger partial charge in [-0.2, -0.15) is 14.9 Å². The smallest absolute Gasteiger partial charge is 0.390 e. The van der Waals surface area contributed by atoms with Gasteiger partial charge >= 0.3 is 6.30 Å². The van der Waals surface area contributed by atoms with E-state index in [0.717, 1.165) is 12.1 Å². The van der Waals surface area contributed by atoms with Crippen molar-refractivity contribution in [1.82, 2.24) is 19.6 Å². The molecule has 2 aromatic heterocycles. The van der Waals surface area contributed by atoms with Crippen LogP contribution in [0.4, 0.5) is 23.4 Å². The van der Waals surface area contributed by atoms with Gasteiger partial charge in [-0.25, -0.2) is 9.07 Å². The monoisotopic (exact) mass is 542 g/mol. The first kappa shape index (κ1) is 26.1. The molecule has 9 nitrogen and oxygen atoms in total. The highest BCUT2D eigenvalue weighted by Gasteiger charge is 2.48. The second-order valence-corrected chi connectivity index (χ2v) is 8.89. The Morgan fingerprint density at radius 2 is 1.72 bits per heavy atom. The highest BCUT2D eigenvalue weighted by Crippen LogP contribution is 2.50. The lowest BCUT2D eigenvalue weighted by Crippen LogP contribution is -2.43. The molecule has 5 rings (SSSR count). The number of aromatic nitrogens is 4. The van der Waals surface area contributed by atoms with E-state index in [0.29, 0.717) is 28.8 Å². The zero-order valence-corrected chi connectivity index (χ0v) is 20.4. The Morgan fingerprint density at radius 3 is 2.28 bits per heavy atom. The zero-order valence-electron chi connectivity index (χ0n) is 20.4. The molecule has 4 aromatic rings. The van der Waals surface area contributed by atoms with E-state index >= 15 is 0 Å². The molecule has 0 saturated carbocycles. The number of nitrogens with two attached hydrogens (primary N) is 1. The molecule has 0 spiro atoms. The molecule has 1 aliphatic heterocycles. The Bertz CT molecular complexity index is 1550. The van der Waals surface area contributed by atoms with Crippen LogP contribution in [0.1, 0.15) is 51.6 Å². The summed E-state index contributed by atoms with van der Waals surface area (Å²) in [6.45, 7) is 1.19. The molecule has 3 N–H and O–H groups in total. The molecule has 1 unspecified atom stereocenters. The van der Waals surface area contributed by atoms with Crippen molar-refractivity contribution in [3.8, 4) is 5.69 Å². The number of hydrogen-bond donors (Lipinski definition) is 2. The molecule has 39 heavy (non-hydrogen) atoms. The van der Waals surface area contributed by atoms with Gasteiger partial charge in [-0.3, -0.25) is 14.5 Å². The first-order valence-corrected chi connectivity index (χ1v) is 11.9. The highest BCUT2D eigenvalue weighted by atomic mass is 19.4. The number of benzene rings is 2. The van der Waals surface area contributed by atoms with E-state index in [2.05, 4.69) is 10.2 Å². The Labute approximate surface area is 219 Å². The molecule has 0 radical (unpaired) electrons. The highest BCUT2D eigenvalue weighted by molar-refractivity contribution is 6.04. The molecule has 0 saturated heterocycles. The minimum atomic E-state index is -4.99. The predicted octanol–water partition coefficient (Wildman–Crippen LogP) is 3.56. The molecule has 202 valence electrons. The van der Waals surface area contributed by atoms with Crippen LogP contribution in [-0.2, 0) is 17.7 Å². The second-order valence-electron chi connectivity index (χ2n) is 8.89. The number of likely N-dealkylation sites (N-methyl/N-ethyl adjacent to an activating group) is 1. The first-order valence-electron chi connectivity index (χ1n) is 11.9. The maximum atomic E-state index is 14.2. The van der Waals surface area contributed by atoms with Crippen LogP contribution >= 0.6 is 0 Å². The molecule has 0 bridgehead atoms. The Kier molecular flexibility index (Phi) is 6.46. The van der Waals surface area contributed by atoms with Gasteiger partial charge in [0.15, 0.2) is 5.69 Å². The Morgan fingerprint density at radius 1 is 1.05 bits per heavy atom. The number of nitrogens with zero attached hydrogens (tertiary/aromatic N) is 5. The van der Waals surface area contributed by atoms with Gasteiger partial charge in [0.2, 0.25) is 5.91 Å². The van der Waals surface area contributed by atoms with Crippen LogP contribution in [0.5, 0.6) is 0 Å². The normalized spacial score (nSPS) is 17.4. The number of carbonyl (C=O) groups excluding carboxylic acids is 2. The number of alkyl halides is 3. The third-order valence-corrected chi connectivity index (χ3v) is 6.67. The molecule has 0 aliphatic carbocycles. The number of fused-ring (bicyclic) bond motifs is 1. The van der Waals surface area contributed by atoms with Crippen LogP contribution in [0.2, 0.25) is 0 Å². The van der Waals surface area contributed by atoms with E-state index < -0.39 is 48.1 Å². The molecule has 0 fully saturated rings. The van der Waals surface area contributed by atoms with E-state index in [1.165, 1.54) is 21.7 Å². The summed E-state index contributed by atoms with van der Waals surface area (Å²) in [5.41, 5.74) is 5.76. The average molecular weight is 542 g/mol. The van der Waals surface area contributed by atoms with Crippen molar-refractivity contribution < 1.29 is 32.3 Å².